The minimum absolute atomic E-state index is 0.130. The van der Waals surface area contributed by atoms with Crippen molar-refractivity contribution in [1.29, 1.82) is 0 Å². The molecule has 6 heteroatoms. The zero-order chi connectivity index (χ0) is 14.9. The van der Waals surface area contributed by atoms with Crippen molar-refractivity contribution >= 4 is 16.1 Å². The van der Waals surface area contributed by atoms with Gasteiger partial charge in [0, 0.05) is 11.6 Å². The first-order chi connectivity index (χ1) is 10.0. The molecule has 0 amide bonds. The molecular weight excluding hydrogens is 290 g/mol. The van der Waals surface area contributed by atoms with Crippen LogP contribution in [-0.4, -0.2) is 8.42 Å². The SMILES string of the molecule is NS(=O)(=O)Oc1ccc2c(c1)OC(c1ccccc1)=CC2. The molecule has 0 bridgehead atoms. The summed E-state index contributed by atoms with van der Waals surface area (Å²) < 4.78 is 32.4. The molecule has 0 aromatic heterocycles. The van der Waals surface area contributed by atoms with Crippen LogP contribution in [0.4, 0.5) is 0 Å². The quantitative estimate of drug-likeness (QED) is 0.943. The van der Waals surface area contributed by atoms with Gasteiger partial charge < -0.3 is 8.92 Å². The molecule has 1 aliphatic rings. The molecule has 0 radical (unpaired) electrons. The Balaban J connectivity index is 1.89. The minimum Gasteiger partial charge on any atom is -0.457 e. The summed E-state index contributed by atoms with van der Waals surface area (Å²) in [6.07, 6.45) is 2.69. The highest BCUT2D eigenvalue weighted by Crippen LogP contribution is 2.33. The van der Waals surface area contributed by atoms with Crippen LogP contribution in [-0.2, 0) is 16.7 Å². The highest BCUT2D eigenvalue weighted by Gasteiger charge is 2.16. The van der Waals surface area contributed by atoms with Crippen molar-refractivity contribution < 1.29 is 17.3 Å². The summed E-state index contributed by atoms with van der Waals surface area (Å²) in [4.78, 5) is 0. The van der Waals surface area contributed by atoms with Gasteiger partial charge in [-0.2, -0.15) is 13.6 Å². The van der Waals surface area contributed by atoms with Gasteiger partial charge in [0.25, 0.3) is 0 Å². The molecule has 5 nitrogen and oxygen atoms in total. The smallest absolute Gasteiger partial charge is 0.380 e. The fraction of sp³-hybridized carbons (Fsp3) is 0.0667. The lowest BCUT2D eigenvalue weighted by atomic mass is 10.0. The van der Waals surface area contributed by atoms with E-state index in [1.807, 2.05) is 36.4 Å². The van der Waals surface area contributed by atoms with Crippen LogP contribution in [0.25, 0.3) is 5.76 Å². The van der Waals surface area contributed by atoms with Crippen molar-refractivity contribution in [1.82, 2.24) is 0 Å². The van der Waals surface area contributed by atoms with Crippen molar-refractivity contribution in [2.75, 3.05) is 0 Å². The first-order valence-corrected chi connectivity index (χ1v) is 7.77. The maximum atomic E-state index is 11.0. The van der Waals surface area contributed by atoms with E-state index in [2.05, 4.69) is 4.18 Å². The Hall–Kier alpha value is -2.31. The predicted octanol–water partition coefficient (Wildman–Crippen LogP) is 2.24. The lowest BCUT2D eigenvalue weighted by molar-refractivity contribution is 0.475. The standard InChI is InChI=1S/C15H13NO4S/c16-21(17,18)20-13-8-6-12-7-9-14(19-15(12)10-13)11-4-2-1-3-5-11/h1-6,8-10H,7H2,(H2,16,17,18). The summed E-state index contributed by atoms with van der Waals surface area (Å²) in [6.45, 7) is 0. The summed E-state index contributed by atoms with van der Waals surface area (Å²) in [6, 6.07) is 14.5. The fourth-order valence-corrected chi connectivity index (χ4v) is 2.50. The molecule has 0 unspecified atom stereocenters. The van der Waals surface area contributed by atoms with E-state index in [9.17, 15) is 8.42 Å². The van der Waals surface area contributed by atoms with E-state index in [-0.39, 0.29) is 5.75 Å². The maximum absolute atomic E-state index is 11.0. The van der Waals surface area contributed by atoms with E-state index in [1.165, 1.54) is 6.07 Å². The number of hydrogen-bond acceptors (Lipinski definition) is 4. The topological polar surface area (TPSA) is 78.6 Å². The highest BCUT2D eigenvalue weighted by molar-refractivity contribution is 7.84. The van der Waals surface area contributed by atoms with Gasteiger partial charge in [0.05, 0.1) is 0 Å². The second-order valence-corrected chi connectivity index (χ2v) is 5.74. The van der Waals surface area contributed by atoms with Crippen molar-refractivity contribution in [2.24, 2.45) is 5.14 Å². The zero-order valence-electron chi connectivity index (χ0n) is 11.0. The lowest BCUT2D eigenvalue weighted by Crippen LogP contribution is -2.19. The Kier molecular flexibility index (Phi) is 3.40. The predicted molar refractivity (Wildman–Crippen MR) is 78.9 cm³/mol. The van der Waals surface area contributed by atoms with E-state index >= 15 is 0 Å². The Bertz CT molecular complexity index is 798. The molecule has 2 aromatic carbocycles. The molecule has 0 spiro atoms. The number of rotatable bonds is 3. The van der Waals surface area contributed by atoms with E-state index in [4.69, 9.17) is 9.88 Å². The molecule has 1 heterocycles. The molecule has 0 saturated heterocycles. The van der Waals surface area contributed by atoms with E-state index < -0.39 is 10.3 Å². The van der Waals surface area contributed by atoms with Crippen LogP contribution in [0, 0.1) is 0 Å². The molecule has 0 aliphatic carbocycles. The summed E-state index contributed by atoms with van der Waals surface area (Å²) in [5.74, 6) is 1.43. The first kappa shape index (κ1) is 13.7. The van der Waals surface area contributed by atoms with Crippen molar-refractivity contribution in [3.63, 3.8) is 0 Å². The molecule has 3 rings (SSSR count). The van der Waals surface area contributed by atoms with Crippen molar-refractivity contribution in [3.8, 4) is 11.5 Å². The summed E-state index contributed by atoms with van der Waals surface area (Å²) in [5, 5.41) is 4.86. The molecule has 108 valence electrons. The van der Waals surface area contributed by atoms with Gasteiger partial charge in [0.15, 0.2) is 0 Å². The molecule has 2 aromatic rings. The van der Waals surface area contributed by atoms with Gasteiger partial charge in [-0.15, -0.1) is 0 Å². The largest absolute Gasteiger partial charge is 0.457 e. The van der Waals surface area contributed by atoms with Crippen LogP contribution in [0.1, 0.15) is 11.1 Å². The van der Waals surface area contributed by atoms with Crippen molar-refractivity contribution in [2.45, 2.75) is 6.42 Å². The van der Waals surface area contributed by atoms with Gasteiger partial charge in [-0.3, -0.25) is 0 Å². The highest BCUT2D eigenvalue weighted by atomic mass is 32.2. The third kappa shape index (κ3) is 3.24. The summed E-state index contributed by atoms with van der Waals surface area (Å²) >= 11 is 0. The molecular formula is C15H13NO4S. The Morgan fingerprint density at radius 3 is 2.57 bits per heavy atom. The molecule has 0 fully saturated rings. The Morgan fingerprint density at radius 2 is 1.86 bits per heavy atom. The lowest BCUT2D eigenvalue weighted by Gasteiger charge is -2.19. The molecule has 2 N–H and O–H groups in total. The second kappa shape index (κ2) is 5.23. The zero-order valence-corrected chi connectivity index (χ0v) is 11.8. The average Bonchev–Trinajstić information content (AvgIpc) is 2.46. The van der Waals surface area contributed by atoms with E-state index in [1.54, 1.807) is 12.1 Å². The number of allylic oxidation sites excluding steroid dienone is 1. The van der Waals surface area contributed by atoms with Gasteiger partial charge in [0.1, 0.15) is 17.3 Å². The van der Waals surface area contributed by atoms with Gasteiger partial charge in [0.2, 0.25) is 0 Å². The van der Waals surface area contributed by atoms with Crippen LogP contribution in [0.5, 0.6) is 11.5 Å². The number of benzene rings is 2. The first-order valence-electron chi connectivity index (χ1n) is 6.30. The van der Waals surface area contributed by atoms with Crippen LogP contribution >= 0.6 is 0 Å². The normalized spacial score (nSPS) is 13.9. The summed E-state index contributed by atoms with van der Waals surface area (Å²) in [5.41, 5.74) is 1.91. The third-order valence-corrected chi connectivity index (χ3v) is 3.46. The maximum Gasteiger partial charge on any atom is 0.380 e. The molecule has 21 heavy (non-hydrogen) atoms. The van der Waals surface area contributed by atoms with E-state index in [0.717, 1.165) is 16.9 Å². The summed E-state index contributed by atoms with van der Waals surface area (Å²) in [7, 11) is -4.04. The van der Waals surface area contributed by atoms with Crippen LogP contribution in [0.3, 0.4) is 0 Å². The molecule has 0 atom stereocenters. The van der Waals surface area contributed by atoms with Crippen molar-refractivity contribution in [3.05, 3.63) is 65.7 Å². The number of hydrogen-bond donors (Lipinski definition) is 1. The van der Waals surface area contributed by atoms with Gasteiger partial charge in [-0.05, 0) is 24.1 Å². The number of fused-ring (bicyclic) bond motifs is 1. The van der Waals surface area contributed by atoms with Crippen LogP contribution in [0.2, 0.25) is 0 Å². The number of ether oxygens (including phenoxy) is 1. The third-order valence-electron chi connectivity index (χ3n) is 3.04. The Morgan fingerprint density at radius 1 is 1.10 bits per heavy atom. The Labute approximate surface area is 122 Å². The minimum atomic E-state index is -4.04. The van der Waals surface area contributed by atoms with Crippen LogP contribution < -0.4 is 14.1 Å². The van der Waals surface area contributed by atoms with Gasteiger partial charge in [-0.1, -0.05) is 36.4 Å². The van der Waals surface area contributed by atoms with Crippen LogP contribution in [0.15, 0.2) is 54.6 Å². The average molecular weight is 303 g/mol. The fourth-order valence-electron chi connectivity index (χ4n) is 2.13. The van der Waals surface area contributed by atoms with E-state index in [0.29, 0.717) is 12.2 Å². The molecule has 1 aliphatic heterocycles. The van der Waals surface area contributed by atoms with Gasteiger partial charge in [-0.25, -0.2) is 0 Å². The molecule has 0 saturated carbocycles. The monoisotopic (exact) mass is 303 g/mol. The van der Waals surface area contributed by atoms with Gasteiger partial charge >= 0.3 is 10.3 Å². The number of nitrogens with two attached hydrogens (primary N) is 1. The second-order valence-electron chi connectivity index (χ2n) is 4.59.